The largest absolute Gasteiger partial charge is 0.573 e. The smallest absolute Gasteiger partial charge is 0.406 e. The van der Waals surface area contributed by atoms with Gasteiger partial charge in [0, 0.05) is 38.3 Å². The monoisotopic (exact) mass is 422 g/mol. The van der Waals surface area contributed by atoms with Crippen molar-refractivity contribution in [2.45, 2.75) is 32.2 Å². The second-order valence-corrected chi connectivity index (χ2v) is 7.35. The van der Waals surface area contributed by atoms with E-state index in [1.807, 2.05) is 4.68 Å². The van der Waals surface area contributed by atoms with Crippen molar-refractivity contribution in [2.24, 2.45) is 0 Å². The number of rotatable bonds is 3. The number of carbonyl (C=O) groups is 2. The molecule has 0 unspecified atom stereocenters. The van der Waals surface area contributed by atoms with Gasteiger partial charge in [-0.1, -0.05) is 6.07 Å². The van der Waals surface area contributed by atoms with E-state index < -0.39 is 18.0 Å². The summed E-state index contributed by atoms with van der Waals surface area (Å²) in [6.07, 6.45) is -0.285. The van der Waals surface area contributed by atoms with Crippen molar-refractivity contribution in [3.05, 3.63) is 47.3 Å². The lowest BCUT2D eigenvalue weighted by atomic mass is 10.1. The SMILES string of the molecule is O=C(c1cccc(OC(F)(F)F)c1)N1CCN(C(=O)c2cnn3c2CCCC3)CC1. The first-order valence-corrected chi connectivity index (χ1v) is 9.81. The summed E-state index contributed by atoms with van der Waals surface area (Å²) in [6, 6.07) is 5.01. The van der Waals surface area contributed by atoms with E-state index in [1.54, 1.807) is 11.1 Å². The molecule has 1 saturated heterocycles. The molecule has 0 atom stereocenters. The van der Waals surface area contributed by atoms with E-state index in [9.17, 15) is 22.8 Å². The predicted molar refractivity (Wildman–Crippen MR) is 100 cm³/mol. The van der Waals surface area contributed by atoms with Gasteiger partial charge in [-0.05, 0) is 37.5 Å². The first kappa shape index (κ1) is 20.2. The maximum atomic E-state index is 12.9. The fourth-order valence-electron chi connectivity index (χ4n) is 3.89. The van der Waals surface area contributed by atoms with Crippen LogP contribution in [0.25, 0.3) is 0 Å². The molecule has 1 aromatic carbocycles. The Morgan fingerprint density at radius 1 is 0.967 bits per heavy atom. The summed E-state index contributed by atoms with van der Waals surface area (Å²) in [5.74, 6) is -0.920. The molecular formula is C20H21F3N4O3. The van der Waals surface area contributed by atoms with Crippen LogP contribution in [-0.4, -0.2) is 63.9 Å². The number of amides is 2. The zero-order chi connectivity index (χ0) is 21.3. The molecule has 30 heavy (non-hydrogen) atoms. The minimum atomic E-state index is -4.82. The molecule has 1 aromatic heterocycles. The normalized spacial score (nSPS) is 16.9. The average Bonchev–Trinajstić information content (AvgIpc) is 3.16. The average molecular weight is 422 g/mol. The number of aryl methyl sites for hydroxylation is 1. The van der Waals surface area contributed by atoms with Gasteiger partial charge in [0.05, 0.1) is 17.5 Å². The number of aromatic nitrogens is 2. The Morgan fingerprint density at radius 3 is 2.37 bits per heavy atom. The van der Waals surface area contributed by atoms with Crippen molar-refractivity contribution in [1.29, 1.82) is 0 Å². The van der Waals surface area contributed by atoms with Gasteiger partial charge in [-0.2, -0.15) is 5.10 Å². The molecule has 7 nitrogen and oxygen atoms in total. The van der Waals surface area contributed by atoms with Crippen LogP contribution in [0.15, 0.2) is 30.5 Å². The molecule has 4 rings (SSSR count). The first-order valence-electron chi connectivity index (χ1n) is 9.81. The Morgan fingerprint density at radius 2 is 1.67 bits per heavy atom. The fraction of sp³-hybridized carbons (Fsp3) is 0.450. The number of carbonyl (C=O) groups excluding carboxylic acids is 2. The maximum Gasteiger partial charge on any atom is 0.573 e. The Labute approximate surface area is 171 Å². The number of fused-ring (bicyclic) bond motifs is 1. The number of benzene rings is 1. The van der Waals surface area contributed by atoms with Gasteiger partial charge in [-0.25, -0.2) is 0 Å². The molecule has 0 aliphatic carbocycles. The Bertz CT molecular complexity index is 949. The Hall–Kier alpha value is -3.04. The summed E-state index contributed by atoms with van der Waals surface area (Å²) >= 11 is 0. The van der Waals surface area contributed by atoms with Gasteiger partial charge in [0.1, 0.15) is 5.75 Å². The third-order valence-electron chi connectivity index (χ3n) is 5.38. The molecule has 2 aromatic rings. The molecule has 0 saturated carbocycles. The van der Waals surface area contributed by atoms with Crippen LogP contribution >= 0.6 is 0 Å². The second kappa shape index (κ2) is 8.00. The van der Waals surface area contributed by atoms with Crippen molar-refractivity contribution >= 4 is 11.8 Å². The summed E-state index contributed by atoms with van der Waals surface area (Å²) in [6.45, 7) is 2.14. The van der Waals surface area contributed by atoms with Crippen LogP contribution in [0.2, 0.25) is 0 Å². The molecule has 10 heteroatoms. The lowest BCUT2D eigenvalue weighted by molar-refractivity contribution is -0.274. The third kappa shape index (κ3) is 4.27. The van der Waals surface area contributed by atoms with Crippen LogP contribution < -0.4 is 4.74 Å². The van der Waals surface area contributed by atoms with Crippen LogP contribution in [0.1, 0.15) is 39.3 Å². The molecule has 0 N–H and O–H groups in total. The van der Waals surface area contributed by atoms with Gasteiger partial charge in [0.2, 0.25) is 0 Å². The standard InChI is InChI=1S/C20H21F3N4O3/c21-20(22,23)30-15-5-3-4-14(12-15)18(28)25-8-10-26(11-9-25)19(29)16-13-24-27-7-2-1-6-17(16)27/h3-5,12-13H,1-2,6-11H2. The molecule has 0 spiro atoms. The molecule has 0 bridgehead atoms. The van der Waals surface area contributed by atoms with E-state index in [2.05, 4.69) is 9.84 Å². The summed E-state index contributed by atoms with van der Waals surface area (Å²) < 4.78 is 43.0. The zero-order valence-electron chi connectivity index (χ0n) is 16.2. The summed E-state index contributed by atoms with van der Waals surface area (Å²) in [4.78, 5) is 28.8. The molecular weight excluding hydrogens is 401 g/mol. The maximum absolute atomic E-state index is 12.9. The lowest BCUT2D eigenvalue weighted by Crippen LogP contribution is -2.50. The van der Waals surface area contributed by atoms with Gasteiger partial charge in [0.25, 0.3) is 11.8 Å². The number of hydrogen-bond donors (Lipinski definition) is 0. The van der Waals surface area contributed by atoms with Crippen LogP contribution in [0.4, 0.5) is 13.2 Å². The van der Waals surface area contributed by atoms with Crippen LogP contribution in [-0.2, 0) is 13.0 Å². The number of nitrogens with zero attached hydrogens (tertiary/aromatic N) is 4. The minimum Gasteiger partial charge on any atom is -0.406 e. The molecule has 160 valence electrons. The van der Waals surface area contributed by atoms with Gasteiger partial charge in [-0.15, -0.1) is 13.2 Å². The van der Waals surface area contributed by atoms with Crippen molar-refractivity contribution < 1.29 is 27.5 Å². The highest BCUT2D eigenvalue weighted by molar-refractivity contribution is 5.96. The molecule has 0 radical (unpaired) electrons. The number of halogens is 3. The highest BCUT2D eigenvalue weighted by Gasteiger charge is 2.32. The second-order valence-electron chi connectivity index (χ2n) is 7.35. The lowest BCUT2D eigenvalue weighted by Gasteiger charge is -2.35. The van der Waals surface area contributed by atoms with Crippen LogP contribution in [0, 0.1) is 0 Å². The minimum absolute atomic E-state index is 0.0918. The predicted octanol–water partition coefficient (Wildman–Crippen LogP) is 2.72. The summed E-state index contributed by atoms with van der Waals surface area (Å²) in [5, 5.41) is 4.30. The van der Waals surface area contributed by atoms with E-state index >= 15 is 0 Å². The van der Waals surface area contributed by atoms with E-state index in [1.165, 1.54) is 17.0 Å². The fourth-order valence-corrected chi connectivity index (χ4v) is 3.89. The zero-order valence-corrected chi connectivity index (χ0v) is 16.2. The number of alkyl halides is 3. The van der Waals surface area contributed by atoms with Crippen molar-refractivity contribution in [2.75, 3.05) is 26.2 Å². The molecule has 2 aliphatic heterocycles. The van der Waals surface area contributed by atoms with Gasteiger partial charge < -0.3 is 14.5 Å². The summed E-state index contributed by atoms with van der Waals surface area (Å²) in [5.41, 5.74) is 1.69. The van der Waals surface area contributed by atoms with Gasteiger partial charge in [-0.3, -0.25) is 14.3 Å². The topological polar surface area (TPSA) is 67.7 Å². The van der Waals surface area contributed by atoms with E-state index in [0.717, 1.165) is 43.6 Å². The Balaban J connectivity index is 1.39. The van der Waals surface area contributed by atoms with Gasteiger partial charge in [0.15, 0.2) is 0 Å². The number of hydrogen-bond acceptors (Lipinski definition) is 4. The van der Waals surface area contributed by atoms with Gasteiger partial charge >= 0.3 is 6.36 Å². The third-order valence-corrected chi connectivity index (χ3v) is 5.38. The van der Waals surface area contributed by atoms with Crippen molar-refractivity contribution in [3.8, 4) is 5.75 Å². The van der Waals surface area contributed by atoms with Crippen molar-refractivity contribution in [3.63, 3.8) is 0 Å². The van der Waals surface area contributed by atoms with Crippen molar-refractivity contribution in [1.82, 2.24) is 19.6 Å². The molecule has 2 aliphatic rings. The highest BCUT2D eigenvalue weighted by atomic mass is 19.4. The Kier molecular flexibility index (Phi) is 5.40. The number of ether oxygens (including phenoxy) is 1. The molecule has 3 heterocycles. The quantitative estimate of drug-likeness (QED) is 0.763. The highest BCUT2D eigenvalue weighted by Crippen LogP contribution is 2.24. The van der Waals surface area contributed by atoms with Crippen LogP contribution in [0.5, 0.6) is 5.75 Å². The first-order chi connectivity index (χ1) is 14.3. The summed E-state index contributed by atoms with van der Waals surface area (Å²) in [7, 11) is 0. The van der Waals surface area contributed by atoms with E-state index in [0.29, 0.717) is 31.7 Å². The number of piperazine rings is 1. The molecule has 2 amide bonds. The van der Waals surface area contributed by atoms with E-state index in [-0.39, 0.29) is 11.5 Å². The van der Waals surface area contributed by atoms with Crippen LogP contribution in [0.3, 0.4) is 0 Å². The van der Waals surface area contributed by atoms with E-state index in [4.69, 9.17) is 0 Å². The molecule has 1 fully saturated rings.